The summed E-state index contributed by atoms with van der Waals surface area (Å²) in [7, 11) is 0. The van der Waals surface area contributed by atoms with E-state index in [-0.39, 0.29) is 41.7 Å². The molecule has 1 aliphatic rings. The molecule has 176 valence electrons. The maximum atomic E-state index is 14.5. The van der Waals surface area contributed by atoms with E-state index in [4.69, 9.17) is 4.74 Å². The van der Waals surface area contributed by atoms with Crippen LogP contribution >= 0.6 is 24.0 Å². The summed E-state index contributed by atoms with van der Waals surface area (Å²) >= 11 is 0. The van der Waals surface area contributed by atoms with Crippen LogP contribution in [0.4, 0.5) is 4.39 Å². The predicted molar refractivity (Wildman–Crippen MR) is 136 cm³/mol. The highest BCUT2D eigenvalue weighted by Gasteiger charge is 2.31. The van der Waals surface area contributed by atoms with Crippen LogP contribution < -0.4 is 15.4 Å². The van der Waals surface area contributed by atoms with Crippen molar-refractivity contribution in [1.82, 2.24) is 15.6 Å². The van der Waals surface area contributed by atoms with Gasteiger partial charge in [-0.05, 0) is 61.4 Å². The Bertz CT molecular complexity index is 840. The van der Waals surface area contributed by atoms with Gasteiger partial charge in [-0.3, -0.25) is 4.98 Å². The number of guanidine groups is 1. The van der Waals surface area contributed by atoms with Crippen molar-refractivity contribution in [2.75, 3.05) is 19.7 Å². The van der Waals surface area contributed by atoms with Crippen LogP contribution in [0.1, 0.15) is 51.0 Å². The molecule has 1 aromatic heterocycles. The highest BCUT2D eigenvalue weighted by molar-refractivity contribution is 14.0. The van der Waals surface area contributed by atoms with Crippen LogP contribution in [0.5, 0.6) is 11.5 Å². The fraction of sp³-hybridized carbons (Fsp3) is 0.500. The van der Waals surface area contributed by atoms with Gasteiger partial charge in [-0.15, -0.1) is 24.0 Å². The molecule has 6 nitrogen and oxygen atoms in total. The number of ether oxygens (including phenoxy) is 1. The molecule has 8 heteroatoms. The third kappa shape index (κ3) is 7.88. The molecule has 2 aromatic rings. The van der Waals surface area contributed by atoms with E-state index in [1.807, 2.05) is 13.0 Å². The van der Waals surface area contributed by atoms with Crippen LogP contribution in [0.25, 0.3) is 0 Å². The van der Waals surface area contributed by atoms with Gasteiger partial charge in [-0.25, -0.2) is 9.38 Å². The van der Waals surface area contributed by atoms with Crippen LogP contribution in [0.15, 0.2) is 47.7 Å². The molecule has 3 N–H and O–H groups in total. The minimum atomic E-state index is -0.432. The third-order valence-corrected chi connectivity index (χ3v) is 5.81. The van der Waals surface area contributed by atoms with Crippen LogP contribution in [0, 0.1) is 11.2 Å². The molecule has 0 radical (unpaired) electrons. The second kappa shape index (κ2) is 13.6. The molecule has 0 unspecified atom stereocenters. The molecule has 0 spiro atoms. The van der Waals surface area contributed by atoms with E-state index in [0.29, 0.717) is 18.3 Å². The van der Waals surface area contributed by atoms with Crippen molar-refractivity contribution in [2.24, 2.45) is 10.4 Å². The molecule has 1 aliphatic carbocycles. The minimum Gasteiger partial charge on any atom is -0.453 e. The number of hydrogen-bond donors (Lipinski definition) is 3. The van der Waals surface area contributed by atoms with Crippen LogP contribution in [0.2, 0.25) is 0 Å². The zero-order chi connectivity index (χ0) is 21.9. The molecular weight excluding hydrogens is 522 g/mol. The average molecular weight is 556 g/mol. The number of hydrogen-bond acceptors (Lipinski definition) is 4. The number of aliphatic imine (C=N–C) groups is 1. The minimum absolute atomic E-state index is 0. The molecule has 0 aliphatic heterocycles. The van der Waals surface area contributed by atoms with E-state index in [9.17, 15) is 9.50 Å². The summed E-state index contributed by atoms with van der Waals surface area (Å²) < 4.78 is 20.0. The molecule has 0 amide bonds. The molecule has 1 heterocycles. The number of nitrogens with one attached hydrogen (secondary N) is 2. The van der Waals surface area contributed by atoms with Gasteiger partial charge >= 0.3 is 0 Å². The maximum Gasteiger partial charge on any atom is 0.191 e. The summed E-state index contributed by atoms with van der Waals surface area (Å²) in [4.78, 5) is 8.60. The van der Waals surface area contributed by atoms with E-state index in [1.165, 1.54) is 25.3 Å². The number of pyridine rings is 1. The molecule has 0 atom stereocenters. The summed E-state index contributed by atoms with van der Waals surface area (Å²) in [5, 5.41) is 16.2. The smallest absolute Gasteiger partial charge is 0.191 e. The number of rotatable bonds is 9. The van der Waals surface area contributed by atoms with Gasteiger partial charge < -0.3 is 20.5 Å². The van der Waals surface area contributed by atoms with Gasteiger partial charge in [0.05, 0.1) is 12.7 Å². The highest BCUT2D eigenvalue weighted by atomic mass is 127. The van der Waals surface area contributed by atoms with Crippen LogP contribution in [-0.2, 0) is 6.54 Å². The van der Waals surface area contributed by atoms with Gasteiger partial charge in [0.15, 0.2) is 17.5 Å². The second-order valence-electron chi connectivity index (χ2n) is 8.14. The second-order valence-corrected chi connectivity index (χ2v) is 8.14. The number of aliphatic hydroxyl groups is 1. The highest BCUT2D eigenvalue weighted by Crippen LogP contribution is 2.38. The number of aliphatic hydroxyl groups excluding tert-OH is 1. The molecule has 3 rings (SSSR count). The number of halogens is 2. The Morgan fingerprint density at radius 1 is 1.22 bits per heavy atom. The Morgan fingerprint density at radius 3 is 2.69 bits per heavy atom. The largest absolute Gasteiger partial charge is 0.453 e. The Morgan fingerprint density at radius 2 is 2.03 bits per heavy atom. The fourth-order valence-electron chi connectivity index (χ4n) is 4.10. The lowest BCUT2D eigenvalue weighted by molar-refractivity contribution is 0.131. The van der Waals surface area contributed by atoms with Gasteiger partial charge in [0.25, 0.3) is 0 Å². The van der Waals surface area contributed by atoms with Gasteiger partial charge in [0.2, 0.25) is 0 Å². The number of aromatic nitrogens is 1. The van der Waals surface area contributed by atoms with Crippen molar-refractivity contribution in [3.05, 3.63) is 54.1 Å². The molecule has 1 aromatic carbocycles. The average Bonchev–Trinajstić information content (AvgIpc) is 2.79. The first-order valence-electron chi connectivity index (χ1n) is 11.1. The Balaban J connectivity index is 0.00000363. The molecule has 1 saturated carbocycles. The summed E-state index contributed by atoms with van der Waals surface area (Å²) in [5.74, 6) is 0.930. The Kier molecular flexibility index (Phi) is 11.2. The molecule has 0 bridgehead atoms. The molecule has 0 saturated heterocycles. The van der Waals surface area contributed by atoms with E-state index in [2.05, 4.69) is 20.6 Å². The Labute approximate surface area is 207 Å². The van der Waals surface area contributed by atoms with E-state index in [1.54, 1.807) is 30.6 Å². The van der Waals surface area contributed by atoms with E-state index >= 15 is 0 Å². The summed E-state index contributed by atoms with van der Waals surface area (Å²) in [6, 6.07) is 8.35. The Hall–Kier alpha value is -1.94. The quantitative estimate of drug-likeness (QED) is 0.230. The van der Waals surface area contributed by atoms with E-state index in [0.717, 1.165) is 37.9 Å². The van der Waals surface area contributed by atoms with Gasteiger partial charge in [-0.2, -0.15) is 0 Å². The van der Waals surface area contributed by atoms with E-state index < -0.39 is 5.82 Å². The zero-order valence-corrected chi connectivity index (χ0v) is 21.0. The fourth-order valence-corrected chi connectivity index (χ4v) is 4.10. The maximum absolute atomic E-state index is 14.5. The summed E-state index contributed by atoms with van der Waals surface area (Å²) in [6.45, 7) is 4.11. The third-order valence-electron chi connectivity index (χ3n) is 5.81. The van der Waals surface area contributed by atoms with Gasteiger partial charge in [-0.1, -0.05) is 25.3 Å². The normalized spacial score (nSPS) is 15.5. The monoisotopic (exact) mass is 556 g/mol. The van der Waals surface area contributed by atoms with Crippen molar-refractivity contribution >= 4 is 29.9 Å². The van der Waals surface area contributed by atoms with Crippen molar-refractivity contribution in [2.45, 2.75) is 52.0 Å². The lowest BCUT2D eigenvalue weighted by atomic mass is 9.72. The summed E-state index contributed by atoms with van der Waals surface area (Å²) in [6.07, 6.45) is 9.94. The van der Waals surface area contributed by atoms with Crippen molar-refractivity contribution < 1.29 is 14.2 Å². The zero-order valence-electron chi connectivity index (χ0n) is 18.6. The first kappa shape index (κ1) is 26.3. The van der Waals surface area contributed by atoms with Gasteiger partial charge in [0.1, 0.15) is 5.75 Å². The van der Waals surface area contributed by atoms with Crippen molar-refractivity contribution in [3.63, 3.8) is 0 Å². The van der Waals surface area contributed by atoms with Crippen LogP contribution in [0.3, 0.4) is 0 Å². The van der Waals surface area contributed by atoms with Crippen molar-refractivity contribution in [3.8, 4) is 11.5 Å². The number of benzene rings is 1. The van der Waals surface area contributed by atoms with Gasteiger partial charge in [0, 0.05) is 25.9 Å². The predicted octanol–water partition coefficient (Wildman–Crippen LogP) is 5.02. The lowest BCUT2D eigenvalue weighted by Crippen LogP contribution is -2.44. The van der Waals surface area contributed by atoms with Crippen molar-refractivity contribution in [1.29, 1.82) is 0 Å². The van der Waals surface area contributed by atoms with Crippen LogP contribution in [-0.4, -0.2) is 35.7 Å². The standard InChI is InChI=1S/C24H33FN4O2.HI/c1-2-27-23(29-18-24(12-14-30)10-4-3-5-11-24)28-16-19-8-9-22(21(25)15-19)31-20-7-6-13-26-17-20;/h6-9,13,15,17,30H,2-5,10-12,14,16,18H2,1H3,(H2,27,28,29);1H. The number of nitrogens with zero attached hydrogens (tertiary/aromatic N) is 2. The first-order valence-corrected chi connectivity index (χ1v) is 11.1. The molecule has 32 heavy (non-hydrogen) atoms. The topological polar surface area (TPSA) is 78.8 Å². The lowest BCUT2D eigenvalue weighted by Gasteiger charge is -2.37. The molecular formula is C24H34FIN4O2. The molecule has 1 fully saturated rings. The SMILES string of the molecule is CCNC(=NCc1ccc(Oc2cccnc2)c(F)c1)NCC1(CCO)CCCCC1.I. The summed E-state index contributed by atoms with van der Waals surface area (Å²) in [5.41, 5.74) is 0.886. The first-order chi connectivity index (χ1) is 15.1.